The summed E-state index contributed by atoms with van der Waals surface area (Å²) in [4.78, 5) is 32.5. The molecule has 0 bridgehead atoms. The zero-order chi connectivity index (χ0) is 23.0. The highest BCUT2D eigenvalue weighted by atomic mass is 79.9. The lowest BCUT2D eigenvalue weighted by Gasteiger charge is -2.25. The summed E-state index contributed by atoms with van der Waals surface area (Å²) in [5, 5.41) is 23.9. The van der Waals surface area contributed by atoms with Gasteiger partial charge in [0.1, 0.15) is 17.5 Å². The Morgan fingerprint density at radius 1 is 1.13 bits per heavy atom. The van der Waals surface area contributed by atoms with Crippen molar-refractivity contribution in [3.63, 3.8) is 0 Å². The van der Waals surface area contributed by atoms with Gasteiger partial charge in [-0.05, 0) is 29.7 Å². The Hall–Kier alpha value is -2.20. The van der Waals surface area contributed by atoms with Crippen LogP contribution in [-0.4, -0.2) is 44.2 Å². The summed E-state index contributed by atoms with van der Waals surface area (Å²) in [6, 6.07) is 13.3. The maximum atomic E-state index is 12.4. The molecule has 0 heterocycles. The molecule has 3 unspecified atom stereocenters. The zero-order valence-corrected chi connectivity index (χ0v) is 19.1. The second-order valence-corrected chi connectivity index (χ2v) is 8.70. The highest BCUT2D eigenvalue weighted by molar-refractivity contribution is 9.10. The number of carbonyl (C=O) groups is 2. The molecule has 0 aliphatic carbocycles. The van der Waals surface area contributed by atoms with Gasteiger partial charge in [-0.2, -0.15) is 0 Å². The third-order valence-electron chi connectivity index (χ3n) is 4.27. The minimum Gasteiger partial charge on any atom is -0.463 e. The van der Waals surface area contributed by atoms with Gasteiger partial charge in [-0.1, -0.05) is 69.5 Å². The van der Waals surface area contributed by atoms with E-state index in [-0.39, 0.29) is 17.9 Å². The molecule has 2 rings (SSSR count). The Morgan fingerprint density at radius 3 is 2.29 bits per heavy atom. The van der Waals surface area contributed by atoms with Gasteiger partial charge in [-0.15, -0.1) is 0 Å². The first-order valence-corrected chi connectivity index (χ1v) is 10.8. The fourth-order valence-electron chi connectivity index (χ4n) is 2.65. The number of nitrogens with one attached hydrogen (secondary N) is 1. The van der Waals surface area contributed by atoms with Crippen LogP contribution >= 0.6 is 39.1 Å². The van der Waals surface area contributed by atoms with E-state index in [4.69, 9.17) is 27.9 Å². The number of nitro benzene ring substituents is 1. The van der Waals surface area contributed by atoms with E-state index in [1.807, 2.05) is 30.3 Å². The molecule has 0 aromatic heterocycles. The first kappa shape index (κ1) is 25.1. The quantitative estimate of drug-likeness (QED) is 0.209. The molecule has 0 fully saturated rings. The summed E-state index contributed by atoms with van der Waals surface area (Å²) in [5.41, 5.74) is 1.03. The molecule has 2 aromatic carbocycles. The Morgan fingerprint density at radius 2 is 1.74 bits per heavy atom. The molecule has 0 aliphatic heterocycles. The van der Waals surface area contributed by atoms with Crippen LogP contribution in [0.3, 0.4) is 0 Å². The molecule has 166 valence electrons. The highest BCUT2D eigenvalue weighted by Gasteiger charge is 2.28. The molecule has 0 saturated heterocycles. The van der Waals surface area contributed by atoms with E-state index in [0.717, 1.165) is 5.56 Å². The van der Waals surface area contributed by atoms with Crippen molar-refractivity contribution in [2.24, 2.45) is 0 Å². The van der Waals surface area contributed by atoms with Crippen LogP contribution in [0.4, 0.5) is 5.69 Å². The molecule has 11 heteroatoms. The van der Waals surface area contributed by atoms with Crippen LogP contribution in [0.15, 0.2) is 54.6 Å². The molecule has 2 aromatic rings. The summed E-state index contributed by atoms with van der Waals surface area (Å²) in [7, 11) is 0. The van der Waals surface area contributed by atoms with Gasteiger partial charge in [0.25, 0.3) is 11.6 Å². The largest absolute Gasteiger partial charge is 0.463 e. The fourth-order valence-corrected chi connectivity index (χ4v) is 3.28. The van der Waals surface area contributed by atoms with Gasteiger partial charge in [0.2, 0.25) is 0 Å². The molecule has 0 aliphatic rings. The number of hydrogen-bond acceptors (Lipinski definition) is 6. The predicted molar refractivity (Wildman–Crippen MR) is 119 cm³/mol. The number of hydrogen-bond donors (Lipinski definition) is 2. The van der Waals surface area contributed by atoms with E-state index in [9.17, 15) is 24.8 Å². The minimum atomic E-state index is -1.40. The molecule has 1 amide bonds. The number of amides is 1. The number of benzene rings is 2. The van der Waals surface area contributed by atoms with Crippen molar-refractivity contribution in [1.82, 2.24) is 5.32 Å². The van der Waals surface area contributed by atoms with Crippen LogP contribution in [0, 0.1) is 10.1 Å². The summed E-state index contributed by atoms with van der Waals surface area (Å²) in [6.07, 6.45) is -0.958. The van der Waals surface area contributed by atoms with Crippen molar-refractivity contribution in [1.29, 1.82) is 0 Å². The van der Waals surface area contributed by atoms with Crippen LogP contribution in [0.1, 0.15) is 17.2 Å². The number of ether oxygens (including phenoxy) is 1. The SMILES string of the molecule is O=C(NC(COC(=O)C(Br)Cc1ccccc1)C(O)c1ccc([N+](=O)[O-])cc1)C(Cl)Cl. The summed E-state index contributed by atoms with van der Waals surface area (Å²) >= 11 is 14.4. The Balaban J connectivity index is 2.07. The van der Waals surface area contributed by atoms with Gasteiger partial charge in [-0.25, -0.2) is 0 Å². The van der Waals surface area contributed by atoms with E-state index < -0.39 is 38.6 Å². The number of aliphatic hydroxyl groups is 1. The number of nitro groups is 1. The van der Waals surface area contributed by atoms with Crippen LogP contribution in [-0.2, 0) is 20.7 Å². The van der Waals surface area contributed by atoms with Crippen molar-refractivity contribution in [3.8, 4) is 0 Å². The second kappa shape index (κ2) is 12.0. The normalized spacial score (nSPS) is 13.8. The standard InChI is InChI=1S/C20H19BrCl2N2O6/c21-15(10-12-4-2-1-3-5-12)20(28)31-11-16(24-19(27)18(22)23)17(26)13-6-8-14(9-7-13)25(29)30/h1-9,15-18,26H,10-11H2,(H,24,27). The lowest BCUT2D eigenvalue weighted by atomic mass is 10.0. The molecule has 0 radical (unpaired) electrons. The van der Waals surface area contributed by atoms with E-state index >= 15 is 0 Å². The minimum absolute atomic E-state index is 0.160. The number of nitrogens with zero attached hydrogens (tertiary/aromatic N) is 1. The average Bonchev–Trinajstić information content (AvgIpc) is 2.76. The van der Waals surface area contributed by atoms with Gasteiger partial charge < -0.3 is 15.2 Å². The molecule has 2 N–H and O–H groups in total. The molecular formula is C20H19BrCl2N2O6. The van der Waals surface area contributed by atoms with E-state index in [1.165, 1.54) is 24.3 Å². The number of non-ortho nitro benzene ring substituents is 1. The number of aliphatic hydroxyl groups excluding tert-OH is 1. The van der Waals surface area contributed by atoms with Gasteiger partial charge >= 0.3 is 5.97 Å². The van der Waals surface area contributed by atoms with E-state index in [0.29, 0.717) is 6.42 Å². The summed E-state index contributed by atoms with van der Waals surface area (Å²) in [5.74, 6) is -1.38. The molecule has 31 heavy (non-hydrogen) atoms. The fraction of sp³-hybridized carbons (Fsp3) is 0.300. The maximum Gasteiger partial charge on any atom is 0.320 e. The molecular weight excluding hydrogens is 515 g/mol. The van der Waals surface area contributed by atoms with Crippen LogP contribution in [0.2, 0.25) is 0 Å². The van der Waals surface area contributed by atoms with Crippen LogP contribution in [0.5, 0.6) is 0 Å². The Kier molecular flexibility index (Phi) is 9.70. The maximum absolute atomic E-state index is 12.4. The highest BCUT2D eigenvalue weighted by Crippen LogP contribution is 2.22. The summed E-state index contributed by atoms with van der Waals surface area (Å²) < 4.78 is 5.27. The first-order valence-electron chi connectivity index (χ1n) is 9.04. The Bertz CT molecular complexity index is 898. The van der Waals surface area contributed by atoms with Gasteiger partial charge in [0.15, 0.2) is 4.84 Å². The third kappa shape index (κ3) is 7.77. The molecule has 8 nitrogen and oxygen atoms in total. The number of halogens is 3. The molecule has 0 spiro atoms. The topological polar surface area (TPSA) is 119 Å². The van der Waals surface area contributed by atoms with Crippen molar-refractivity contribution in [2.45, 2.75) is 28.2 Å². The number of alkyl halides is 3. The van der Waals surface area contributed by atoms with Gasteiger partial charge in [0, 0.05) is 12.1 Å². The second-order valence-electron chi connectivity index (χ2n) is 6.50. The molecule has 0 saturated carbocycles. The Labute approximate surface area is 196 Å². The van der Waals surface area contributed by atoms with E-state index in [2.05, 4.69) is 21.2 Å². The predicted octanol–water partition coefficient (Wildman–Crippen LogP) is 3.47. The van der Waals surface area contributed by atoms with Gasteiger partial charge in [-0.3, -0.25) is 19.7 Å². The number of carbonyl (C=O) groups excluding carboxylic acids is 2. The number of rotatable bonds is 10. The van der Waals surface area contributed by atoms with Crippen molar-refractivity contribution >= 4 is 56.7 Å². The van der Waals surface area contributed by atoms with Gasteiger partial charge in [0.05, 0.1) is 11.0 Å². The third-order valence-corrected chi connectivity index (χ3v) is 5.37. The number of esters is 1. The zero-order valence-electron chi connectivity index (χ0n) is 16.0. The molecule has 3 atom stereocenters. The van der Waals surface area contributed by atoms with E-state index in [1.54, 1.807) is 0 Å². The van der Waals surface area contributed by atoms with Crippen molar-refractivity contribution in [3.05, 3.63) is 75.8 Å². The van der Waals surface area contributed by atoms with Crippen LogP contribution < -0.4 is 5.32 Å². The smallest absolute Gasteiger partial charge is 0.320 e. The van der Waals surface area contributed by atoms with Crippen molar-refractivity contribution in [2.75, 3.05) is 6.61 Å². The monoisotopic (exact) mass is 532 g/mol. The average molecular weight is 534 g/mol. The lowest BCUT2D eigenvalue weighted by molar-refractivity contribution is -0.384. The summed E-state index contributed by atoms with van der Waals surface area (Å²) in [6.45, 7) is -0.375. The van der Waals surface area contributed by atoms with Crippen LogP contribution in [0.25, 0.3) is 0 Å². The lowest BCUT2D eigenvalue weighted by Crippen LogP contribution is -2.45. The first-order chi connectivity index (χ1) is 14.7. The van der Waals surface area contributed by atoms with Crippen molar-refractivity contribution < 1.29 is 24.4 Å².